The zero-order valence-corrected chi connectivity index (χ0v) is 17.7. The molecule has 2 aromatic rings. The summed E-state index contributed by atoms with van der Waals surface area (Å²) >= 11 is 6.27. The van der Waals surface area contributed by atoms with E-state index in [4.69, 9.17) is 21.6 Å². The van der Waals surface area contributed by atoms with E-state index >= 15 is 0 Å². The molecule has 1 aromatic carbocycles. The van der Waals surface area contributed by atoms with Crippen LogP contribution in [-0.2, 0) is 24.1 Å². The molecule has 1 N–H and O–H groups in total. The van der Waals surface area contributed by atoms with Crippen molar-refractivity contribution in [2.45, 2.75) is 51.3 Å². The highest BCUT2D eigenvalue weighted by Gasteiger charge is 2.23. The molecule has 29 heavy (non-hydrogen) atoms. The first kappa shape index (κ1) is 19.8. The summed E-state index contributed by atoms with van der Waals surface area (Å²) in [6, 6.07) is 8.33. The number of nitrogens with zero attached hydrogens (tertiary/aromatic N) is 2. The highest BCUT2D eigenvalue weighted by atomic mass is 35.5. The van der Waals surface area contributed by atoms with Crippen molar-refractivity contribution >= 4 is 23.3 Å². The molecule has 2 aliphatic rings. The average molecular weight is 408 g/mol. The number of carbonyl (C=O) groups excluding carboxylic acids is 1. The first-order valence-corrected chi connectivity index (χ1v) is 10.7. The Balaban J connectivity index is 1.61. The van der Waals surface area contributed by atoms with E-state index in [0.29, 0.717) is 24.6 Å². The molecule has 1 amide bonds. The Bertz CT molecular complexity index is 994. The molecule has 5 heteroatoms. The van der Waals surface area contributed by atoms with Gasteiger partial charge in [0.25, 0.3) is 0 Å². The van der Waals surface area contributed by atoms with Crippen molar-refractivity contribution in [1.82, 2.24) is 9.97 Å². The van der Waals surface area contributed by atoms with Crippen LogP contribution in [0.15, 0.2) is 48.1 Å². The minimum absolute atomic E-state index is 0.0654. The third-order valence-corrected chi connectivity index (χ3v) is 5.59. The number of nitrogens with one attached hydrogen (secondary N) is 1. The van der Waals surface area contributed by atoms with Gasteiger partial charge in [-0.25, -0.2) is 9.97 Å². The topological polar surface area (TPSA) is 54.9 Å². The Morgan fingerprint density at radius 3 is 2.86 bits per heavy atom. The third kappa shape index (κ3) is 4.59. The fourth-order valence-electron chi connectivity index (χ4n) is 3.89. The summed E-state index contributed by atoms with van der Waals surface area (Å²) < 4.78 is 0. The Morgan fingerprint density at radius 2 is 2.10 bits per heavy atom. The van der Waals surface area contributed by atoms with E-state index in [2.05, 4.69) is 42.6 Å². The molecule has 0 aliphatic heterocycles. The van der Waals surface area contributed by atoms with Crippen LogP contribution in [0.4, 0.5) is 5.82 Å². The zero-order valence-electron chi connectivity index (χ0n) is 16.9. The molecule has 2 aliphatic carbocycles. The lowest BCUT2D eigenvalue weighted by Gasteiger charge is -2.21. The van der Waals surface area contributed by atoms with E-state index in [-0.39, 0.29) is 11.3 Å². The lowest BCUT2D eigenvalue weighted by atomic mass is 9.91. The fourth-order valence-corrected chi connectivity index (χ4v) is 4.04. The number of anilines is 1. The van der Waals surface area contributed by atoms with Crippen LogP contribution in [0.1, 0.15) is 43.6 Å². The van der Waals surface area contributed by atoms with Crippen LogP contribution in [0.5, 0.6) is 0 Å². The number of alkyl halides is 1. The predicted molar refractivity (Wildman–Crippen MR) is 118 cm³/mol. The summed E-state index contributed by atoms with van der Waals surface area (Å²) in [5.41, 5.74) is 6.08. The van der Waals surface area contributed by atoms with Crippen LogP contribution in [-0.4, -0.2) is 21.3 Å². The number of allylic oxidation sites excluding steroid dienone is 3. The highest BCUT2D eigenvalue weighted by Crippen LogP contribution is 2.33. The van der Waals surface area contributed by atoms with Gasteiger partial charge in [0.1, 0.15) is 0 Å². The van der Waals surface area contributed by atoms with Crippen molar-refractivity contribution in [1.29, 1.82) is 0 Å². The molecular formula is C24H26ClN3O. The van der Waals surface area contributed by atoms with Crippen LogP contribution in [0, 0.1) is 5.92 Å². The van der Waals surface area contributed by atoms with Crippen molar-refractivity contribution in [3.8, 4) is 11.3 Å². The second-order valence-electron chi connectivity index (χ2n) is 8.03. The Labute approximate surface area is 177 Å². The summed E-state index contributed by atoms with van der Waals surface area (Å²) in [5.74, 6) is 1.02. The minimum atomic E-state index is -0.0951. The smallest absolute Gasteiger partial charge is 0.229 e. The van der Waals surface area contributed by atoms with Gasteiger partial charge in [-0.15, -0.1) is 11.6 Å². The van der Waals surface area contributed by atoms with Gasteiger partial charge >= 0.3 is 0 Å². The summed E-state index contributed by atoms with van der Waals surface area (Å²) in [4.78, 5) is 22.4. The van der Waals surface area contributed by atoms with Crippen molar-refractivity contribution in [2.24, 2.45) is 5.92 Å². The van der Waals surface area contributed by atoms with E-state index in [1.54, 1.807) is 0 Å². The number of hydrogen-bond donors (Lipinski definition) is 1. The van der Waals surface area contributed by atoms with Gasteiger partial charge in [-0.2, -0.15) is 0 Å². The summed E-state index contributed by atoms with van der Waals surface area (Å²) in [7, 11) is 0. The SMILES string of the molecule is CC(Cl)Cc1nc2c(nc1NC(=O)CC1=CCC(C)C=C1)CCc1ccccc1-2. The lowest BCUT2D eigenvalue weighted by Crippen LogP contribution is -2.19. The van der Waals surface area contributed by atoms with Gasteiger partial charge in [0.05, 0.1) is 23.5 Å². The van der Waals surface area contributed by atoms with Crippen LogP contribution in [0.25, 0.3) is 11.3 Å². The molecule has 0 saturated heterocycles. The summed E-state index contributed by atoms with van der Waals surface area (Å²) in [6.45, 7) is 4.10. The van der Waals surface area contributed by atoms with Crippen molar-refractivity contribution in [3.05, 3.63) is 65.0 Å². The number of amides is 1. The molecule has 0 saturated carbocycles. The number of halogens is 1. The molecule has 150 valence electrons. The van der Waals surface area contributed by atoms with Gasteiger partial charge in [0.15, 0.2) is 5.82 Å². The number of carbonyl (C=O) groups is 1. The monoisotopic (exact) mass is 407 g/mol. The standard InChI is InChI=1S/C24H26ClN3O/c1-15-7-9-17(10-8-15)14-22(29)28-24-21(13-16(2)25)26-23-19-6-4-3-5-18(19)11-12-20(23)27-24/h3-7,9-10,15-16H,8,11-14H2,1-2H3,(H,27,28,29). The summed E-state index contributed by atoms with van der Waals surface area (Å²) in [6.07, 6.45) is 9.98. The van der Waals surface area contributed by atoms with Crippen LogP contribution in [0.2, 0.25) is 0 Å². The lowest BCUT2D eigenvalue weighted by molar-refractivity contribution is -0.115. The number of aromatic nitrogens is 2. The molecule has 1 heterocycles. The molecule has 0 radical (unpaired) electrons. The van der Waals surface area contributed by atoms with E-state index < -0.39 is 0 Å². The van der Waals surface area contributed by atoms with Crippen LogP contribution < -0.4 is 5.32 Å². The van der Waals surface area contributed by atoms with Gasteiger partial charge in [0.2, 0.25) is 5.91 Å². The molecular weight excluding hydrogens is 382 g/mol. The maximum absolute atomic E-state index is 12.7. The van der Waals surface area contributed by atoms with Gasteiger partial charge in [-0.1, -0.05) is 49.4 Å². The van der Waals surface area contributed by atoms with Crippen molar-refractivity contribution in [3.63, 3.8) is 0 Å². The molecule has 0 fully saturated rings. The van der Waals surface area contributed by atoms with Gasteiger partial charge in [-0.3, -0.25) is 4.79 Å². The number of rotatable bonds is 5. The first-order chi connectivity index (χ1) is 14.0. The van der Waals surface area contributed by atoms with Gasteiger partial charge in [0, 0.05) is 17.4 Å². The molecule has 0 spiro atoms. The predicted octanol–water partition coefficient (Wildman–Crippen LogP) is 5.26. The maximum Gasteiger partial charge on any atom is 0.229 e. The Kier molecular flexibility index (Phi) is 5.81. The molecule has 2 atom stereocenters. The third-order valence-electron chi connectivity index (χ3n) is 5.43. The van der Waals surface area contributed by atoms with Crippen LogP contribution >= 0.6 is 11.6 Å². The molecule has 4 rings (SSSR count). The average Bonchev–Trinajstić information content (AvgIpc) is 2.70. The minimum Gasteiger partial charge on any atom is -0.309 e. The van der Waals surface area contributed by atoms with Crippen molar-refractivity contribution < 1.29 is 4.79 Å². The molecule has 1 aromatic heterocycles. The van der Waals surface area contributed by atoms with Crippen molar-refractivity contribution in [2.75, 3.05) is 5.32 Å². The second-order valence-corrected chi connectivity index (χ2v) is 8.78. The Hall–Kier alpha value is -2.46. The number of aryl methyl sites for hydroxylation is 2. The van der Waals surface area contributed by atoms with E-state index in [1.807, 2.05) is 19.1 Å². The fraction of sp³-hybridized carbons (Fsp3) is 0.375. The second kappa shape index (κ2) is 8.50. The largest absolute Gasteiger partial charge is 0.309 e. The number of hydrogen-bond acceptors (Lipinski definition) is 3. The van der Waals surface area contributed by atoms with E-state index in [0.717, 1.165) is 47.5 Å². The normalized spacial score (nSPS) is 18.4. The molecule has 4 nitrogen and oxygen atoms in total. The summed E-state index contributed by atoms with van der Waals surface area (Å²) in [5, 5.41) is 2.91. The first-order valence-electron chi connectivity index (χ1n) is 10.3. The number of fused-ring (bicyclic) bond motifs is 3. The highest BCUT2D eigenvalue weighted by molar-refractivity contribution is 6.20. The quantitative estimate of drug-likeness (QED) is 0.687. The van der Waals surface area contributed by atoms with Gasteiger partial charge < -0.3 is 5.32 Å². The molecule has 2 unspecified atom stereocenters. The number of benzene rings is 1. The Morgan fingerprint density at radius 1 is 1.28 bits per heavy atom. The van der Waals surface area contributed by atoms with Crippen LogP contribution in [0.3, 0.4) is 0 Å². The zero-order chi connectivity index (χ0) is 20.4. The van der Waals surface area contributed by atoms with Gasteiger partial charge in [-0.05, 0) is 43.2 Å². The maximum atomic E-state index is 12.7. The molecule has 0 bridgehead atoms. The van der Waals surface area contributed by atoms with E-state index in [1.165, 1.54) is 5.56 Å². The van der Waals surface area contributed by atoms with E-state index in [9.17, 15) is 4.79 Å².